The van der Waals surface area contributed by atoms with Crippen LogP contribution in [0.25, 0.3) is 0 Å². The summed E-state index contributed by atoms with van der Waals surface area (Å²) in [6.45, 7) is 1.59. The fourth-order valence-electron chi connectivity index (χ4n) is 1.43. The van der Waals surface area contributed by atoms with Gasteiger partial charge in [-0.25, -0.2) is 0 Å². The van der Waals surface area contributed by atoms with Crippen LogP contribution >= 0.6 is 0 Å². The number of carboxylic acids is 1. The van der Waals surface area contributed by atoms with Gasteiger partial charge in [-0.2, -0.15) is 0 Å². The predicted molar refractivity (Wildman–Crippen MR) is 63.4 cm³/mol. The van der Waals surface area contributed by atoms with Crippen LogP contribution in [0.2, 0.25) is 0 Å². The number of hydrogen-bond acceptors (Lipinski definition) is 3. The topological polar surface area (TPSA) is 83.6 Å². The second kappa shape index (κ2) is 5.45. The van der Waals surface area contributed by atoms with E-state index in [1.807, 2.05) is 19.1 Å². The molecule has 0 saturated heterocycles. The van der Waals surface area contributed by atoms with Crippen molar-refractivity contribution in [3.05, 3.63) is 35.4 Å². The van der Waals surface area contributed by atoms with Gasteiger partial charge in [-0.05, 0) is 12.5 Å². The van der Waals surface area contributed by atoms with Crippen LogP contribution in [0.4, 0.5) is 0 Å². The molecule has 0 fully saturated rings. The van der Waals surface area contributed by atoms with Crippen molar-refractivity contribution in [1.82, 2.24) is 4.90 Å². The molecule has 1 aromatic carbocycles. The molecule has 0 saturated carbocycles. The molecule has 0 aliphatic heterocycles. The summed E-state index contributed by atoms with van der Waals surface area (Å²) < 4.78 is 0. The van der Waals surface area contributed by atoms with Crippen molar-refractivity contribution in [2.75, 3.05) is 13.6 Å². The molecule has 0 heterocycles. The van der Waals surface area contributed by atoms with Gasteiger partial charge >= 0.3 is 5.97 Å². The van der Waals surface area contributed by atoms with Crippen LogP contribution < -0.4 is 5.73 Å². The van der Waals surface area contributed by atoms with Gasteiger partial charge in [0.1, 0.15) is 12.6 Å². The van der Waals surface area contributed by atoms with Crippen LogP contribution in [0.3, 0.4) is 0 Å². The number of aryl methyl sites for hydroxylation is 1. The Morgan fingerprint density at radius 2 is 1.88 bits per heavy atom. The molecule has 0 aromatic heterocycles. The van der Waals surface area contributed by atoms with E-state index in [0.717, 1.165) is 10.5 Å². The molecule has 0 aliphatic rings. The Balaban J connectivity index is 2.75. The largest absolute Gasteiger partial charge is 0.480 e. The first kappa shape index (κ1) is 13.2. The number of aliphatic carboxylic acids is 1. The van der Waals surface area contributed by atoms with E-state index in [-0.39, 0.29) is 6.54 Å². The van der Waals surface area contributed by atoms with E-state index < -0.39 is 17.9 Å². The Morgan fingerprint density at radius 3 is 2.35 bits per heavy atom. The third-order valence-corrected chi connectivity index (χ3v) is 2.45. The molecule has 0 spiro atoms. The highest BCUT2D eigenvalue weighted by Crippen LogP contribution is 2.13. The van der Waals surface area contributed by atoms with Gasteiger partial charge in [-0.3, -0.25) is 9.59 Å². The molecule has 1 atom stereocenters. The number of rotatable bonds is 4. The van der Waals surface area contributed by atoms with Crippen molar-refractivity contribution in [3.8, 4) is 0 Å². The summed E-state index contributed by atoms with van der Waals surface area (Å²) in [7, 11) is 1.42. The molecule has 1 rings (SSSR count). The lowest BCUT2D eigenvalue weighted by Crippen LogP contribution is -2.38. The molecule has 1 aromatic rings. The molecular weight excluding hydrogens is 220 g/mol. The number of benzene rings is 1. The average molecular weight is 236 g/mol. The Bertz CT molecular complexity index is 414. The molecule has 92 valence electrons. The zero-order chi connectivity index (χ0) is 13.0. The zero-order valence-electron chi connectivity index (χ0n) is 9.88. The van der Waals surface area contributed by atoms with E-state index in [1.54, 1.807) is 12.1 Å². The summed E-state index contributed by atoms with van der Waals surface area (Å²) in [4.78, 5) is 23.4. The Kier molecular flexibility index (Phi) is 4.23. The van der Waals surface area contributed by atoms with Crippen LogP contribution in [0.1, 0.15) is 17.2 Å². The monoisotopic (exact) mass is 236 g/mol. The first-order chi connectivity index (χ1) is 7.91. The van der Waals surface area contributed by atoms with Crippen molar-refractivity contribution in [2.24, 2.45) is 5.73 Å². The van der Waals surface area contributed by atoms with E-state index in [2.05, 4.69) is 0 Å². The second-order valence-electron chi connectivity index (χ2n) is 3.98. The molecule has 3 N–H and O–H groups in total. The van der Waals surface area contributed by atoms with Crippen LogP contribution in [0, 0.1) is 6.92 Å². The van der Waals surface area contributed by atoms with Crippen molar-refractivity contribution < 1.29 is 14.7 Å². The summed E-state index contributed by atoms with van der Waals surface area (Å²) in [6, 6.07) is 6.44. The van der Waals surface area contributed by atoms with E-state index in [1.165, 1.54) is 7.05 Å². The van der Waals surface area contributed by atoms with Gasteiger partial charge in [0.2, 0.25) is 5.91 Å². The van der Waals surface area contributed by atoms with Gasteiger partial charge in [0.25, 0.3) is 0 Å². The lowest BCUT2D eigenvalue weighted by Gasteiger charge is -2.19. The summed E-state index contributed by atoms with van der Waals surface area (Å²) in [6.07, 6.45) is 0. The summed E-state index contributed by atoms with van der Waals surface area (Å²) in [5.74, 6) is -1.46. The average Bonchev–Trinajstić information content (AvgIpc) is 2.27. The fourth-order valence-corrected chi connectivity index (χ4v) is 1.43. The number of likely N-dealkylation sites (N-methyl/N-ethyl adjacent to an activating group) is 1. The fraction of sp³-hybridized carbons (Fsp3) is 0.333. The number of nitrogens with two attached hydrogens (primary N) is 1. The van der Waals surface area contributed by atoms with Crippen LogP contribution in [-0.4, -0.2) is 35.5 Å². The number of carboxylic acid groups (broad SMARTS) is 1. The Morgan fingerprint density at radius 1 is 1.35 bits per heavy atom. The van der Waals surface area contributed by atoms with Gasteiger partial charge in [0.15, 0.2) is 0 Å². The van der Waals surface area contributed by atoms with E-state index in [4.69, 9.17) is 10.8 Å². The third kappa shape index (κ3) is 3.57. The highest BCUT2D eigenvalue weighted by atomic mass is 16.4. The Hall–Kier alpha value is -1.88. The molecule has 5 heteroatoms. The summed E-state index contributed by atoms with van der Waals surface area (Å²) in [5, 5.41) is 8.59. The van der Waals surface area contributed by atoms with Crippen LogP contribution in [0.15, 0.2) is 24.3 Å². The molecule has 17 heavy (non-hydrogen) atoms. The predicted octanol–water partition coefficient (Wildman–Crippen LogP) is 0.538. The van der Waals surface area contributed by atoms with Crippen LogP contribution in [0.5, 0.6) is 0 Å². The number of amides is 1. The minimum absolute atomic E-state index is 0.349. The van der Waals surface area contributed by atoms with Crippen LogP contribution in [-0.2, 0) is 9.59 Å². The first-order valence-corrected chi connectivity index (χ1v) is 5.20. The van der Waals surface area contributed by atoms with Crippen molar-refractivity contribution in [1.29, 1.82) is 0 Å². The SMILES string of the molecule is Cc1ccc(C(N)C(=O)N(C)CC(=O)O)cc1. The van der Waals surface area contributed by atoms with Crippen molar-refractivity contribution in [2.45, 2.75) is 13.0 Å². The molecule has 1 amide bonds. The summed E-state index contributed by atoms with van der Waals surface area (Å²) in [5.41, 5.74) is 7.54. The van der Waals surface area contributed by atoms with E-state index in [9.17, 15) is 9.59 Å². The molecular formula is C12H16N2O3. The number of hydrogen-bond donors (Lipinski definition) is 2. The zero-order valence-corrected chi connectivity index (χ0v) is 9.88. The third-order valence-electron chi connectivity index (χ3n) is 2.45. The lowest BCUT2D eigenvalue weighted by molar-refractivity contribution is -0.144. The summed E-state index contributed by atoms with van der Waals surface area (Å²) >= 11 is 0. The highest BCUT2D eigenvalue weighted by Gasteiger charge is 2.20. The van der Waals surface area contributed by atoms with Gasteiger partial charge < -0.3 is 15.7 Å². The number of carbonyl (C=O) groups is 2. The van der Waals surface area contributed by atoms with Crippen molar-refractivity contribution >= 4 is 11.9 Å². The van der Waals surface area contributed by atoms with Gasteiger partial charge in [-0.1, -0.05) is 29.8 Å². The molecule has 1 unspecified atom stereocenters. The number of nitrogens with zero attached hydrogens (tertiary/aromatic N) is 1. The molecule has 0 bridgehead atoms. The van der Waals surface area contributed by atoms with Crippen molar-refractivity contribution in [3.63, 3.8) is 0 Å². The Labute approximate surface area is 99.8 Å². The van der Waals surface area contributed by atoms with E-state index in [0.29, 0.717) is 5.56 Å². The van der Waals surface area contributed by atoms with Gasteiger partial charge in [0, 0.05) is 7.05 Å². The minimum Gasteiger partial charge on any atom is -0.480 e. The quantitative estimate of drug-likeness (QED) is 0.799. The maximum Gasteiger partial charge on any atom is 0.323 e. The maximum atomic E-state index is 11.8. The molecule has 0 aliphatic carbocycles. The normalized spacial score (nSPS) is 11.9. The minimum atomic E-state index is -1.06. The highest BCUT2D eigenvalue weighted by molar-refractivity contribution is 5.85. The second-order valence-corrected chi connectivity index (χ2v) is 3.98. The number of carbonyl (C=O) groups excluding carboxylic acids is 1. The lowest BCUT2D eigenvalue weighted by atomic mass is 10.1. The first-order valence-electron chi connectivity index (χ1n) is 5.20. The molecule has 5 nitrogen and oxygen atoms in total. The van der Waals surface area contributed by atoms with E-state index >= 15 is 0 Å². The standard InChI is InChI=1S/C12H16N2O3/c1-8-3-5-9(6-4-8)11(13)12(17)14(2)7-10(15)16/h3-6,11H,7,13H2,1-2H3,(H,15,16). The van der Waals surface area contributed by atoms with Gasteiger partial charge in [-0.15, -0.1) is 0 Å². The maximum absolute atomic E-state index is 11.8. The van der Waals surface area contributed by atoms with Gasteiger partial charge in [0.05, 0.1) is 0 Å². The smallest absolute Gasteiger partial charge is 0.323 e. The molecule has 0 radical (unpaired) electrons.